The summed E-state index contributed by atoms with van der Waals surface area (Å²) in [6.45, 7) is 5.24. The van der Waals surface area contributed by atoms with E-state index in [9.17, 15) is 4.79 Å². The molecule has 0 atom stereocenters. The smallest absolute Gasteiger partial charge is 0.265 e. The second kappa shape index (κ2) is 5.54. The Morgan fingerprint density at radius 1 is 1.61 bits per heavy atom. The van der Waals surface area contributed by atoms with E-state index in [0.717, 1.165) is 21.5 Å². The van der Waals surface area contributed by atoms with Crippen LogP contribution in [0.2, 0.25) is 0 Å². The average molecular weight is 311 g/mol. The molecule has 1 aromatic carbocycles. The molecule has 0 spiro atoms. The molecule has 1 aliphatic rings. The summed E-state index contributed by atoms with van der Waals surface area (Å²) in [6, 6.07) is 5.65. The van der Waals surface area contributed by atoms with Gasteiger partial charge in [-0.2, -0.15) is 0 Å². The van der Waals surface area contributed by atoms with Gasteiger partial charge in [0.2, 0.25) is 0 Å². The van der Waals surface area contributed by atoms with E-state index in [1.165, 1.54) is 0 Å². The molecule has 0 aromatic heterocycles. The minimum Gasteiger partial charge on any atom is -0.482 e. The number of rotatable bonds is 4. The zero-order valence-electron chi connectivity index (χ0n) is 10.2. The lowest BCUT2D eigenvalue weighted by atomic mass is 10.2. The number of amides is 1. The summed E-state index contributed by atoms with van der Waals surface area (Å²) in [5, 5.41) is 3.03. The van der Waals surface area contributed by atoms with Gasteiger partial charge in [0.05, 0.1) is 5.69 Å². The Kier molecular flexibility index (Phi) is 4.04. The zero-order valence-corrected chi connectivity index (χ0v) is 11.8. The van der Waals surface area contributed by atoms with Crippen molar-refractivity contribution in [3.63, 3.8) is 0 Å². The number of ether oxygens (including phenoxy) is 1. The molecule has 1 N–H and O–H groups in total. The summed E-state index contributed by atoms with van der Waals surface area (Å²) in [7, 11) is 1.86. The molecule has 5 heteroatoms. The van der Waals surface area contributed by atoms with E-state index in [1.807, 2.05) is 25.2 Å². The summed E-state index contributed by atoms with van der Waals surface area (Å²) in [4.78, 5) is 13.6. The number of nitrogens with zero attached hydrogens (tertiary/aromatic N) is 1. The molecule has 1 heterocycles. The largest absolute Gasteiger partial charge is 0.482 e. The lowest BCUT2D eigenvalue weighted by molar-refractivity contribution is -0.121. The lowest BCUT2D eigenvalue weighted by Gasteiger charge is -2.30. The summed E-state index contributed by atoms with van der Waals surface area (Å²) >= 11 is 3.41. The van der Waals surface area contributed by atoms with Crippen molar-refractivity contribution in [1.29, 1.82) is 0 Å². The maximum absolute atomic E-state index is 11.9. The van der Waals surface area contributed by atoms with E-state index < -0.39 is 0 Å². The molecule has 0 unspecified atom stereocenters. The molecule has 2 rings (SSSR count). The molecule has 96 valence electrons. The molecule has 18 heavy (non-hydrogen) atoms. The van der Waals surface area contributed by atoms with Crippen LogP contribution < -0.4 is 15.0 Å². The maximum atomic E-state index is 11.9. The highest BCUT2D eigenvalue weighted by Gasteiger charge is 2.25. The van der Waals surface area contributed by atoms with Crippen LogP contribution >= 0.6 is 15.9 Å². The van der Waals surface area contributed by atoms with Crippen molar-refractivity contribution in [3.05, 3.63) is 34.8 Å². The summed E-state index contributed by atoms with van der Waals surface area (Å²) in [6.07, 6.45) is 0. The monoisotopic (exact) mass is 310 g/mol. The molecule has 0 bridgehead atoms. The second-order valence-electron chi connectivity index (χ2n) is 4.16. The van der Waals surface area contributed by atoms with Gasteiger partial charge in [-0.3, -0.25) is 4.79 Å². The van der Waals surface area contributed by atoms with Crippen LogP contribution in [0, 0.1) is 0 Å². The maximum Gasteiger partial charge on any atom is 0.265 e. The standard InChI is InChI=1S/C13H15BrN2O2/c1-9(6-15-2)7-16-11-5-10(14)3-4-12(11)18-8-13(16)17/h3-5,15H,1,6-8H2,2H3. The fraction of sp³-hybridized carbons (Fsp3) is 0.308. The lowest BCUT2D eigenvalue weighted by Crippen LogP contribution is -2.40. The normalized spacial score (nSPS) is 14.1. The van der Waals surface area contributed by atoms with Gasteiger partial charge in [0.25, 0.3) is 5.91 Å². The van der Waals surface area contributed by atoms with E-state index in [-0.39, 0.29) is 12.5 Å². The number of benzene rings is 1. The molecular formula is C13H15BrN2O2. The van der Waals surface area contributed by atoms with Crippen molar-refractivity contribution in [3.8, 4) is 5.75 Å². The van der Waals surface area contributed by atoms with Crippen LogP contribution in [0.5, 0.6) is 5.75 Å². The Morgan fingerprint density at radius 2 is 2.39 bits per heavy atom. The third kappa shape index (κ3) is 2.73. The van der Waals surface area contributed by atoms with Crippen molar-refractivity contribution in [2.24, 2.45) is 0 Å². The van der Waals surface area contributed by atoms with Crippen molar-refractivity contribution < 1.29 is 9.53 Å². The number of nitrogens with one attached hydrogen (secondary N) is 1. The summed E-state index contributed by atoms with van der Waals surface area (Å²) in [5.41, 5.74) is 1.75. The third-order valence-electron chi connectivity index (χ3n) is 2.67. The molecule has 0 fully saturated rings. The van der Waals surface area contributed by atoms with Crippen LogP contribution in [0.25, 0.3) is 0 Å². The number of fused-ring (bicyclic) bond motifs is 1. The fourth-order valence-electron chi connectivity index (χ4n) is 1.88. The van der Waals surface area contributed by atoms with Crippen molar-refractivity contribution in [2.45, 2.75) is 0 Å². The Morgan fingerprint density at radius 3 is 3.11 bits per heavy atom. The first kappa shape index (κ1) is 13.1. The number of anilines is 1. The fourth-order valence-corrected chi connectivity index (χ4v) is 2.23. The predicted molar refractivity (Wildman–Crippen MR) is 75.1 cm³/mol. The van der Waals surface area contributed by atoms with Crippen molar-refractivity contribution in [2.75, 3.05) is 31.6 Å². The summed E-state index contributed by atoms with van der Waals surface area (Å²) in [5.74, 6) is 0.688. The number of hydrogen-bond acceptors (Lipinski definition) is 3. The molecule has 1 aliphatic heterocycles. The van der Waals surface area contributed by atoms with Gasteiger partial charge >= 0.3 is 0 Å². The van der Waals surface area contributed by atoms with E-state index in [4.69, 9.17) is 4.74 Å². The molecule has 0 radical (unpaired) electrons. The topological polar surface area (TPSA) is 41.6 Å². The first-order chi connectivity index (χ1) is 8.61. The Labute approximate surface area is 115 Å². The van der Waals surface area contributed by atoms with Crippen LogP contribution in [0.15, 0.2) is 34.8 Å². The van der Waals surface area contributed by atoms with Crippen molar-refractivity contribution in [1.82, 2.24) is 5.32 Å². The number of likely N-dealkylation sites (N-methyl/N-ethyl adjacent to an activating group) is 1. The van der Waals surface area contributed by atoms with E-state index in [1.54, 1.807) is 4.90 Å². The van der Waals surface area contributed by atoms with E-state index in [2.05, 4.69) is 27.8 Å². The molecule has 0 aliphatic carbocycles. The van der Waals surface area contributed by atoms with Gasteiger partial charge in [0.1, 0.15) is 5.75 Å². The molecular weight excluding hydrogens is 296 g/mol. The van der Waals surface area contributed by atoms with Gasteiger partial charge in [-0.15, -0.1) is 0 Å². The Bertz CT molecular complexity index is 488. The highest BCUT2D eigenvalue weighted by atomic mass is 79.9. The first-order valence-electron chi connectivity index (χ1n) is 5.66. The van der Waals surface area contributed by atoms with Gasteiger partial charge in [-0.1, -0.05) is 22.5 Å². The van der Waals surface area contributed by atoms with Crippen LogP contribution in [-0.4, -0.2) is 32.7 Å². The van der Waals surface area contributed by atoms with Crippen molar-refractivity contribution >= 4 is 27.5 Å². The second-order valence-corrected chi connectivity index (χ2v) is 5.08. The summed E-state index contributed by atoms with van der Waals surface area (Å²) < 4.78 is 6.33. The van der Waals surface area contributed by atoms with Gasteiger partial charge in [-0.25, -0.2) is 0 Å². The Hall–Kier alpha value is -1.33. The van der Waals surface area contributed by atoms with Gasteiger partial charge in [-0.05, 0) is 30.8 Å². The first-order valence-corrected chi connectivity index (χ1v) is 6.45. The van der Waals surface area contributed by atoms with Gasteiger partial charge < -0.3 is 15.0 Å². The van der Waals surface area contributed by atoms with Crippen LogP contribution in [-0.2, 0) is 4.79 Å². The molecule has 0 saturated carbocycles. The SMILES string of the molecule is C=C(CNC)CN1C(=O)COc2ccc(Br)cc21. The number of carbonyl (C=O) groups is 1. The molecule has 1 amide bonds. The predicted octanol–water partition coefficient (Wildman–Crippen LogP) is 1.95. The molecule has 4 nitrogen and oxygen atoms in total. The third-order valence-corrected chi connectivity index (χ3v) is 3.17. The Balaban J connectivity index is 2.27. The van der Waals surface area contributed by atoms with Crippen LogP contribution in [0.1, 0.15) is 0 Å². The van der Waals surface area contributed by atoms with Gasteiger partial charge in [0.15, 0.2) is 6.61 Å². The molecule has 0 saturated heterocycles. The van der Waals surface area contributed by atoms with Crippen LogP contribution in [0.4, 0.5) is 5.69 Å². The number of halogens is 1. The highest BCUT2D eigenvalue weighted by Crippen LogP contribution is 2.34. The minimum atomic E-state index is -0.0437. The van der Waals surface area contributed by atoms with E-state index >= 15 is 0 Å². The minimum absolute atomic E-state index is 0.0437. The average Bonchev–Trinajstić information content (AvgIpc) is 2.33. The van der Waals surface area contributed by atoms with Crippen LogP contribution in [0.3, 0.4) is 0 Å². The number of hydrogen-bond donors (Lipinski definition) is 1. The highest BCUT2D eigenvalue weighted by molar-refractivity contribution is 9.10. The molecule has 1 aromatic rings. The quantitative estimate of drug-likeness (QED) is 0.864. The van der Waals surface area contributed by atoms with Gasteiger partial charge in [0, 0.05) is 17.6 Å². The van der Waals surface area contributed by atoms with E-state index in [0.29, 0.717) is 13.1 Å². The zero-order chi connectivity index (χ0) is 13.1. The number of carbonyl (C=O) groups excluding carboxylic acids is 1.